The average Bonchev–Trinajstić information content (AvgIpc) is 2.76. The minimum atomic E-state index is -0.636. The van der Waals surface area contributed by atoms with Crippen molar-refractivity contribution in [3.05, 3.63) is 40.8 Å². The summed E-state index contributed by atoms with van der Waals surface area (Å²) in [5, 5.41) is 19.8. The van der Waals surface area contributed by atoms with Gasteiger partial charge in [0.15, 0.2) is 17.3 Å². The van der Waals surface area contributed by atoms with Gasteiger partial charge in [-0.3, -0.25) is 0 Å². The first kappa shape index (κ1) is 15.6. The summed E-state index contributed by atoms with van der Waals surface area (Å²) >= 11 is 0. The lowest BCUT2D eigenvalue weighted by atomic mass is 10.1. The van der Waals surface area contributed by atoms with Crippen molar-refractivity contribution in [3.63, 3.8) is 0 Å². The van der Waals surface area contributed by atoms with Gasteiger partial charge in [0.1, 0.15) is 11.3 Å². The van der Waals surface area contributed by atoms with Crippen molar-refractivity contribution in [2.75, 3.05) is 13.7 Å². The Hall–Kier alpha value is -2.76. The number of aliphatic hydroxyl groups excluding tert-OH is 1. The van der Waals surface area contributed by atoms with E-state index in [9.17, 15) is 15.0 Å². The summed E-state index contributed by atoms with van der Waals surface area (Å²) in [5.41, 5.74) is 1.37. The second kappa shape index (κ2) is 6.34. The molecule has 0 saturated heterocycles. The van der Waals surface area contributed by atoms with Gasteiger partial charge in [-0.05, 0) is 37.6 Å². The Kier molecular flexibility index (Phi) is 4.50. The largest absolute Gasteiger partial charge is 0.505 e. The Morgan fingerprint density at radius 1 is 1.36 bits per heavy atom. The van der Waals surface area contributed by atoms with Gasteiger partial charge in [-0.2, -0.15) is 0 Å². The highest BCUT2D eigenvalue weighted by atomic mass is 16.5. The summed E-state index contributed by atoms with van der Waals surface area (Å²) in [6.07, 6.45) is 1.59. The van der Waals surface area contributed by atoms with Crippen LogP contribution in [0.2, 0.25) is 0 Å². The number of ether oxygens (including phenoxy) is 2. The van der Waals surface area contributed by atoms with Crippen molar-refractivity contribution < 1.29 is 24.5 Å². The Morgan fingerprint density at radius 2 is 2.09 bits per heavy atom. The number of carbonyl (C=O) groups is 1. The third-order valence-electron chi connectivity index (χ3n) is 3.11. The van der Waals surface area contributed by atoms with E-state index in [1.165, 1.54) is 13.2 Å². The Balaban J connectivity index is 2.41. The van der Waals surface area contributed by atoms with Gasteiger partial charge < -0.3 is 19.7 Å². The Bertz CT molecular complexity index is 700. The maximum absolute atomic E-state index is 11.6. The lowest BCUT2D eigenvalue weighted by Crippen LogP contribution is -2.11. The molecule has 6 heteroatoms. The van der Waals surface area contributed by atoms with Crippen LogP contribution < -0.4 is 4.74 Å². The quantitative estimate of drug-likeness (QED) is 0.835. The van der Waals surface area contributed by atoms with E-state index in [2.05, 4.69) is 9.73 Å². The summed E-state index contributed by atoms with van der Waals surface area (Å²) in [7, 11) is 1.24. The molecule has 1 aromatic carbocycles. The SMILES string of the molecule is CCOc1cc(C=C2N=C(C)C(C(=O)OC)=C2O)ccc1O. The maximum atomic E-state index is 11.6. The fourth-order valence-corrected chi connectivity index (χ4v) is 2.09. The molecule has 2 rings (SSSR count). The smallest absolute Gasteiger partial charge is 0.343 e. The molecule has 0 saturated carbocycles. The van der Waals surface area contributed by atoms with E-state index in [-0.39, 0.29) is 22.8 Å². The summed E-state index contributed by atoms with van der Waals surface area (Å²) < 4.78 is 9.93. The Morgan fingerprint density at radius 3 is 2.73 bits per heavy atom. The zero-order valence-corrected chi connectivity index (χ0v) is 12.6. The van der Waals surface area contributed by atoms with Gasteiger partial charge >= 0.3 is 5.97 Å². The molecule has 0 fully saturated rings. The van der Waals surface area contributed by atoms with Crippen LogP contribution in [-0.4, -0.2) is 35.6 Å². The number of hydrogen-bond acceptors (Lipinski definition) is 6. The minimum absolute atomic E-state index is 0.0325. The molecule has 0 aliphatic carbocycles. The van der Waals surface area contributed by atoms with E-state index in [4.69, 9.17) is 4.74 Å². The molecular weight excluding hydrogens is 286 g/mol. The predicted octanol–water partition coefficient (Wildman–Crippen LogP) is 2.59. The molecule has 2 N–H and O–H groups in total. The fourth-order valence-electron chi connectivity index (χ4n) is 2.09. The molecule has 0 radical (unpaired) electrons. The maximum Gasteiger partial charge on any atom is 0.343 e. The van der Waals surface area contributed by atoms with Gasteiger partial charge in [-0.15, -0.1) is 0 Å². The van der Waals surface area contributed by atoms with Crippen LogP contribution in [0.15, 0.2) is 40.2 Å². The van der Waals surface area contributed by atoms with Crippen molar-refractivity contribution in [3.8, 4) is 11.5 Å². The standard InChI is InChI=1S/C16H17NO5/c1-4-22-13-8-10(5-6-12(13)18)7-11-15(19)14(9(2)17-11)16(20)21-3/h5-8,18-19H,4H2,1-3H3. The van der Waals surface area contributed by atoms with Gasteiger partial charge in [-0.1, -0.05) is 6.07 Å². The molecule has 0 unspecified atom stereocenters. The number of carbonyl (C=O) groups excluding carboxylic acids is 1. The zero-order valence-electron chi connectivity index (χ0n) is 12.6. The van der Waals surface area contributed by atoms with Crippen molar-refractivity contribution in [1.82, 2.24) is 0 Å². The third kappa shape index (κ3) is 2.95. The number of aliphatic hydroxyl groups is 1. The Labute approximate surface area is 128 Å². The summed E-state index contributed by atoms with van der Waals surface area (Å²) in [5.74, 6) is -0.490. The first-order valence-corrected chi connectivity index (χ1v) is 6.73. The first-order valence-electron chi connectivity index (χ1n) is 6.73. The van der Waals surface area contributed by atoms with Crippen molar-refractivity contribution in [1.29, 1.82) is 0 Å². The van der Waals surface area contributed by atoms with Gasteiger partial charge in [-0.25, -0.2) is 9.79 Å². The minimum Gasteiger partial charge on any atom is -0.505 e. The number of phenolic OH excluding ortho intramolecular Hbond substituents is 1. The van der Waals surface area contributed by atoms with Crippen LogP contribution in [0.5, 0.6) is 11.5 Å². The molecule has 1 aliphatic rings. The first-order chi connectivity index (χ1) is 10.5. The van der Waals surface area contributed by atoms with Crippen LogP contribution in [0, 0.1) is 0 Å². The van der Waals surface area contributed by atoms with Gasteiger partial charge in [0, 0.05) is 0 Å². The molecule has 1 aromatic rings. The number of rotatable bonds is 4. The third-order valence-corrected chi connectivity index (χ3v) is 3.11. The van der Waals surface area contributed by atoms with Crippen LogP contribution in [0.4, 0.5) is 0 Å². The average molecular weight is 303 g/mol. The second-order valence-electron chi connectivity index (χ2n) is 4.60. The number of methoxy groups -OCH3 is 1. The highest BCUT2D eigenvalue weighted by molar-refractivity contribution is 6.21. The molecule has 22 heavy (non-hydrogen) atoms. The van der Waals surface area contributed by atoms with Gasteiger partial charge in [0.25, 0.3) is 0 Å². The van der Waals surface area contributed by atoms with E-state index >= 15 is 0 Å². The van der Waals surface area contributed by atoms with Gasteiger partial charge in [0.05, 0.1) is 19.4 Å². The van der Waals surface area contributed by atoms with Gasteiger partial charge in [0.2, 0.25) is 0 Å². The summed E-state index contributed by atoms with van der Waals surface area (Å²) in [6.45, 7) is 3.85. The van der Waals surface area contributed by atoms with Crippen LogP contribution in [0.25, 0.3) is 6.08 Å². The lowest BCUT2D eigenvalue weighted by Gasteiger charge is -2.06. The molecule has 1 heterocycles. The summed E-state index contributed by atoms with van der Waals surface area (Å²) in [4.78, 5) is 15.8. The highest BCUT2D eigenvalue weighted by Crippen LogP contribution is 2.30. The zero-order chi connectivity index (χ0) is 16.3. The molecule has 0 bridgehead atoms. The van der Waals surface area contributed by atoms with E-state index in [0.29, 0.717) is 23.6 Å². The van der Waals surface area contributed by atoms with Crippen LogP contribution >= 0.6 is 0 Å². The van der Waals surface area contributed by atoms with Crippen molar-refractivity contribution >= 4 is 17.8 Å². The van der Waals surface area contributed by atoms with E-state index in [0.717, 1.165) is 0 Å². The second-order valence-corrected chi connectivity index (χ2v) is 4.60. The highest BCUT2D eigenvalue weighted by Gasteiger charge is 2.27. The monoisotopic (exact) mass is 303 g/mol. The number of benzene rings is 1. The molecule has 0 amide bonds. The normalized spacial score (nSPS) is 16.0. The van der Waals surface area contributed by atoms with E-state index in [1.54, 1.807) is 25.1 Å². The number of aromatic hydroxyl groups is 1. The molecular formula is C16H17NO5. The number of esters is 1. The molecule has 1 aliphatic heterocycles. The van der Waals surface area contributed by atoms with Crippen molar-refractivity contribution in [2.24, 2.45) is 4.99 Å². The summed E-state index contributed by atoms with van der Waals surface area (Å²) in [6, 6.07) is 4.77. The van der Waals surface area contributed by atoms with Crippen molar-refractivity contribution in [2.45, 2.75) is 13.8 Å². The van der Waals surface area contributed by atoms with Crippen LogP contribution in [-0.2, 0) is 9.53 Å². The fraction of sp³-hybridized carbons (Fsp3) is 0.250. The molecule has 6 nitrogen and oxygen atoms in total. The molecule has 116 valence electrons. The predicted molar refractivity (Wildman–Crippen MR) is 82.0 cm³/mol. The number of hydrogen-bond donors (Lipinski definition) is 2. The number of nitrogens with zero attached hydrogens (tertiary/aromatic N) is 1. The number of phenols is 1. The van der Waals surface area contributed by atoms with E-state index in [1.807, 2.05) is 6.92 Å². The van der Waals surface area contributed by atoms with Crippen LogP contribution in [0.3, 0.4) is 0 Å². The topological polar surface area (TPSA) is 88.4 Å². The lowest BCUT2D eigenvalue weighted by molar-refractivity contribution is -0.135. The molecule has 0 aromatic heterocycles. The molecule has 0 atom stereocenters. The van der Waals surface area contributed by atoms with E-state index < -0.39 is 5.97 Å². The molecule has 0 spiro atoms. The number of aliphatic imine (C=N–C) groups is 1. The van der Waals surface area contributed by atoms with Crippen LogP contribution in [0.1, 0.15) is 19.4 Å².